The number of rotatable bonds is 4. The smallest absolute Gasteiger partial charge is 0.303 e. The number of benzene rings is 2. The van der Waals surface area contributed by atoms with Crippen LogP contribution in [0, 0.1) is 0 Å². The Bertz CT molecular complexity index is 758. The van der Waals surface area contributed by atoms with Crippen LogP contribution in [0.15, 0.2) is 53.0 Å². The molecule has 0 unspecified atom stereocenters. The average molecular weight is 390 g/mol. The summed E-state index contributed by atoms with van der Waals surface area (Å²) in [5.41, 5.74) is 1.64. The number of methoxy groups -OCH3 is 1. The van der Waals surface area contributed by atoms with Gasteiger partial charge in [0.2, 0.25) is 6.10 Å². The van der Waals surface area contributed by atoms with Crippen molar-refractivity contribution in [1.29, 1.82) is 0 Å². The van der Waals surface area contributed by atoms with Crippen LogP contribution < -0.4 is 9.64 Å². The minimum atomic E-state index is -0.800. The molecule has 1 amide bonds. The van der Waals surface area contributed by atoms with Gasteiger partial charge in [-0.1, -0.05) is 28.1 Å². The summed E-state index contributed by atoms with van der Waals surface area (Å²) >= 11 is 3.40. The van der Waals surface area contributed by atoms with E-state index >= 15 is 0 Å². The van der Waals surface area contributed by atoms with E-state index in [-0.39, 0.29) is 11.9 Å². The van der Waals surface area contributed by atoms with E-state index in [1.807, 2.05) is 36.4 Å². The number of nitrogens with zero attached hydrogens (tertiary/aromatic N) is 1. The van der Waals surface area contributed by atoms with E-state index in [0.29, 0.717) is 5.75 Å². The summed E-state index contributed by atoms with van der Waals surface area (Å²) in [5, 5.41) is 0. The fraction of sp³-hybridized carbons (Fsp3) is 0.222. The molecule has 1 aliphatic heterocycles. The Morgan fingerprint density at radius 1 is 1.08 bits per heavy atom. The molecule has 0 saturated carbocycles. The first-order chi connectivity index (χ1) is 11.5. The topological polar surface area (TPSA) is 55.8 Å². The minimum Gasteiger partial charge on any atom is -0.497 e. The van der Waals surface area contributed by atoms with Gasteiger partial charge < -0.3 is 9.47 Å². The Hall–Kier alpha value is -2.34. The second-order valence-electron chi connectivity index (χ2n) is 5.43. The number of hydrogen-bond acceptors (Lipinski definition) is 4. The first-order valence-corrected chi connectivity index (χ1v) is 8.20. The number of hydrogen-bond donors (Lipinski definition) is 0. The third-order valence-corrected chi connectivity index (χ3v) is 4.43. The highest BCUT2D eigenvalue weighted by atomic mass is 79.9. The maximum atomic E-state index is 12.5. The van der Waals surface area contributed by atoms with Gasteiger partial charge in [0.25, 0.3) is 5.91 Å². The predicted octanol–water partition coefficient (Wildman–Crippen LogP) is 3.48. The number of β-lactam (4-membered cyclic amide) rings is 1. The molecule has 1 fully saturated rings. The molecule has 1 heterocycles. The Balaban J connectivity index is 1.95. The molecule has 1 saturated heterocycles. The number of ether oxygens (including phenoxy) is 2. The third-order valence-electron chi connectivity index (χ3n) is 3.90. The lowest BCUT2D eigenvalue weighted by Crippen LogP contribution is -2.60. The molecule has 0 radical (unpaired) electrons. The van der Waals surface area contributed by atoms with E-state index in [1.165, 1.54) is 6.92 Å². The summed E-state index contributed by atoms with van der Waals surface area (Å²) in [6.07, 6.45) is -0.800. The molecule has 5 nitrogen and oxygen atoms in total. The highest BCUT2D eigenvalue weighted by Crippen LogP contribution is 2.41. The molecule has 0 aliphatic carbocycles. The number of halogens is 1. The number of esters is 1. The highest BCUT2D eigenvalue weighted by molar-refractivity contribution is 9.10. The molecular weight excluding hydrogens is 374 g/mol. The van der Waals surface area contributed by atoms with Crippen molar-refractivity contribution in [2.75, 3.05) is 12.0 Å². The summed E-state index contributed by atoms with van der Waals surface area (Å²) in [7, 11) is 1.59. The zero-order valence-corrected chi connectivity index (χ0v) is 14.8. The van der Waals surface area contributed by atoms with Crippen molar-refractivity contribution >= 4 is 33.5 Å². The van der Waals surface area contributed by atoms with Crippen LogP contribution in [0.5, 0.6) is 5.75 Å². The molecule has 2 aromatic rings. The molecule has 124 valence electrons. The summed E-state index contributed by atoms with van der Waals surface area (Å²) in [6.45, 7) is 1.31. The molecule has 0 spiro atoms. The zero-order valence-electron chi connectivity index (χ0n) is 13.2. The maximum Gasteiger partial charge on any atom is 0.303 e. The highest BCUT2D eigenvalue weighted by Gasteiger charge is 2.51. The van der Waals surface area contributed by atoms with Crippen molar-refractivity contribution in [2.45, 2.75) is 19.1 Å². The van der Waals surface area contributed by atoms with Crippen LogP contribution in [0.2, 0.25) is 0 Å². The van der Waals surface area contributed by atoms with Crippen LogP contribution in [0.3, 0.4) is 0 Å². The molecule has 2 aromatic carbocycles. The molecule has 0 N–H and O–H groups in total. The van der Waals surface area contributed by atoms with Crippen LogP contribution in [0.25, 0.3) is 0 Å². The summed E-state index contributed by atoms with van der Waals surface area (Å²) < 4.78 is 11.3. The number of carbonyl (C=O) groups is 2. The molecule has 0 bridgehead atoms. The van der Waals surface area contributed by atoms with Gasteiger partial charge in [-0.2, -0.15) is 0 Å². The van der Waals surface area contributed by atoms with Crippen molar-refractivity contribution in [1.82, 2.24) is 0 Å². The predicted molar refractivity (Wildman–Crippen MR) is 92.9 cm³/mol. The third kappa shape index (κ3) is 3.01. The van der Waals surface area contributed by atoms with E-state index in [2.05, 4.69) is 15.9 Å². The van der Waals surface area contributed by atoms with E-state index in [9.17, 15) is 9.59 Å². The Kier molecular flexibility index (Phi) is 4.57. The van der Waals surface area contributed by atoms with Crippen LogP contribution in [-0.2, 0) is 14.3 Å². The fourth-order valence-corrected chi connectivity index (χ4v) is 3.03. The number of amides is 1. The van der Waals surface area contributed by atoms with Crippen molar-refractivity contribution in [3.8, 4) is 5.75 Å². The van der Waals surface area contributed by atoms with E-state index in [0.717, 1.165) is 15.7 Å². The molecular formula is C18H16BrNO4. The quantitative estimate of drug-likeness (QED) is 0.593. The number of carbonyl (C=O) groups excluding carboxylic acids is 2. The summed E-state index contributed by atoms with van der Waals surface area (Å²) in [5.74, 6) is 0.0107. The van der Waals surface area contributed by atoms with E-state index in [4.69, 9.17) is 9.47 Å². The Morgan fingerprint density at radius 2 is 1.71 bits per heavy atom. The largest absolute Gasteiger partial charge is 0.497 e. The second kappa shape index (κ2) is 6.65. The van der Waals surface area contributed by atoms with Crippen LogP contribution in [0.4, 0.5) is 5.69 Å². The minimum absolute atomic E-state index is 0.233. The van der Waals surface area contributed by atoms with Gasteiger partial charge in [0.05, 0.1) is 7.11 Å². The van der Waals surface area contributed by atoms with Crippen LogP contribution in [-0.4, -0.2) is 25.1 Å². The zero-order chi connectivity index (χ0) is 17.3. The molecule has 6 heteroatoms. The normalized spacial score (nSPS) is 19.6. The van der Waals surface area contributed by atoms with Crippen molar-refractivity contribution < 1.29 is 19.1 Å². The second-order valence-corrected chi connectivity index (χ2v) is 6.35. The van der Waals surface area contributed by atoms with Gasteiger partial charge in [0.1, 0.15) is 11.8 Å². The SMILES string of the molecule is COc1ccc(N2C(=O)[C@@H](OC(C)=O)[C@H]2c2ccc(Br)cc2)cc1. The summed E-state index contributed by atoms with van der Waals surface area (Å²) in [4.78, 5) is 25.5. The van der Waals surface area contributed by atoms with Gasteiger partial charge in [0.15, 0.2) is 0 Å². The molecule has 24 heavy (non-hydrogen) atoms. The van der Waals surface area contributed by atoms with Crippen LogP contribution in [0.1, 0.15) is 18.5 Å². The van der Waals surface area contributed by atoms with Gasteiger partial charge in [-0.15, -0.1) is 0 Å². The standard InChI is InChI=1S/C18H16BrNO4/c1-11(21)24-17-16(12-3-5-13(19)6-4-12)20(18(17)22)14-7-9-15(23-2)10-8-14/h3-10,16-17H,1-2H3/t16-,17+/m1/s1. The lowest BCUT2D eigenvalue weighted by atomic mass is 9.89. The Labute approximate surface area is 148 Å². The van der Waals surface area contributed by atoms with Crippen molar-refractivity contribution in [3.05, 3.63) is 58.6 Å². The Morgan fingerprint density at radius 3 is 2.25 bits per heavy atom. The van der Waals surface area contributed by atoms with E-state index in [1.54, 1.807) is 24.1 Å². The average Bonchev–Trinajstić information content (AvgIpc) is 2.58. The van der Waals surface area contributed by atoms with Gasteiger partial charge in [-0.3, -0.25) is 14.5 Å². The molecule has 1 aliphatic rings. The van der Waals surface area contributed by atoms with Gasteiger partial charge in [-0.25, -0.2) is 0 Å². The molecule has 0 aromatic heterocycles. The van der Waals surface area contributed by atoms with Gasteiger partial charge in [0, 0.05) is 17.1 Å². The first kappa shape index (κ1) is 16.5. The van der Waals surface area contributed by atoms with Crippen molar-refractivity contribution in [3.63, 3.8) is 0 Å². The fourth-order valence-electron chi connectivity index (χ4n) is 2.77. The van der Waals surface area contributed by atoms with Crippen LogP contribution >= 0.6 is 15.9 Å². The maximum absolute atomic E-state index is 12.5. The number of anilines is 1. The first-order valence-electron chi connectivity index (χ1n) is 7.41. The lowest BCUT2D eigenvalue weighted by Gasteiger charge is -2.46. The van der Waals surface area contributed by atoms with Crippen molar-refractivity contribution in [2.24, 2.45) is 0 Å². The molecule has 2 atom stereocenters. The van der Waals surface area contributed by atoms with Gasteiger partial charge >= 0.3 is 5.97 Å². The lowest BCUT2D eigenvalue weighted by molar-refractivity contribution is -0.160. The summed E-state index contributed by atoms with van der Waals surface area (Å²) in [6, 6.07) is 14.5. The monoisotopic (exact) mass is 389 g/mol. The van der Waals surface area contributed by atoms with E-state index < -0.39 is 12.1 Å². The molecule has 3 rings (SSSR count). The van der Waals surface area contributed by atoms with Gasteiger partial charge in [-0.05, 0) is 42.0 Å².